The third-order valence-electron chi connectivity index (χ3n) is 7.13. The molecule has 4 fully saturated rings. The Labute approximate surface area is 209 Å². The molecule has 0 amide bonds. The lowest BCUT2D eigenvalue weighted by molar-refractivity contribution is -0.198. The summed E-state index contributed by atoms with van der Waals surface area (Å²) in [6, 6.07) is 0. The van der Waals surface area contributed by atoms with Crippen LogP contribution in [0.3, 0.4) is 0 Å². The van der Waals surface area contributed by atoms with Gasteiger partial charge in [0, 0.05) is 0 Å². The molecule has 0 radical (unpaired) electrons. The van der Waals surface area contributed by atoms with Crippen LogP contribution >= 0.6 is 0 Å². The predicted octanol–water partition coefficient (Wildman–Crippen LogP) is 9.10. The lowest BCUT2D eigenvalue weighted by Crippen LogP contribution is -2.54. The number of hydrogen-bond donors (Lipinski definition) is 0. The molecule has 0 N–H and O–H groups in total. The van der Waals surface area contributed by atoms with Gasteiger partial charge in [0.15, 0.2) is 0 Å². The van der Waals surface area contributed by atoms with Crippen LogP contribution < -0.4 is 0 Å². The number of carbonyl (C=O) groups is 2. The van der Waals surface area contributed by atoms with Gasteiger partial charge in [-0.1, -0.05) is 58.4 Å². The molecule has 0 aromatic heterocycles. The van der Waals surface area contributed by atoms with Crippen LogP contribution in [0.15, 0.2) is 0 Å². The molecule has 0 spiro atoms. The summed E-state index contributed by atoms with van der Waals surface area (Å²) in [6.07, 6.45) is 8.28. The van der Waals surface area contributed by atoms with Gasteiger partial charge in [0.2, 0.25) is 0 Å². The zero-order valence-corrected chi connectivity index (χ0v) is 18.1. The highest BCUT2D eigenvalue weighted by Gasteiger charge is 2.54. The van der Waals surface area contributed by atoms with E-state index in [1.807, 2.05) is 41.5 Å². The van der Waals surface area contributed by atoms with Crippen molar-refractivity contribution >= 4 is 11.9 Å². The van der Waals surface area contributed by atoms with E-state index in [4.69, 9.17) is 9.47 Å². The SMILES string of the molecule is C.C.C.C.C.C.CCC(C)(CC(C)C(=O)OC(C)(C)C)C(=O)OC12CC3CC(CC(C3)C1)C2. The number of carbonyl (C=O) groups excluding carboxylic acids is 2. The molecule has 0 aromatic rings. The monoisotopic (exact) mass is 474 g/mol. The first-order valence-electron chi connectivity index (χ1n) is 10.9. The molecular formula is C29H62O4. The van der Waals surface area contributed by atoms with Crippen molar-refractivity contribution in [2.24, 2.45) is 29.1 Å². The summed E-state index contributed by atoms with van der Waals surface area (Å²) in [4.78, 5) is 25.7. The molecule has 0 aliphatic heterocycles. The summed E-state index contributed by atoms with van der Waals surface area (Å²) in [7, 11) is 0. The van der Waals surface area contributed by atoms with Crippen LogP contribution in [0.5, 0.6) is 0 Å². The molecule has 0 heterocycles. The van der Waals surface area contributed by atoms with Crippen molar-refractivity contribution in [3.05, 3.63) is 0 Å². The Hall–Kier alpha value is -1.06. The third kappa shape index (κ3) is 8.91. The molecule has 202 valence electrons. The number of esters is 2. The van der Waals surface area contributed by atoms with E-state index in [1.54, 1.807) is 0 Å². The average Bonchev–Trinajstić information content (AvgIpc) is 2.51. The van der Waals surface area contributed by atoms with Crippen molar-refractivity contribution in [2.45, 2.75) is 149 Å². The number of rotatable bonds is 6. The fourth-order valence-corrected chi connectivity index (χ4v) is 6.01. The number of ether oxygens (including phenoxy) is 2. The van der Waals surface area contributed by atoms with E-state index >= 15 is 0 Å². The van der Waals surface area contributed by atoms with E-state index in [0.29, 0.717) is 12.8 Å². The van der Waals surface area contributed by atoms with Gasteiger partial charge in [-0.25, -0.2) is 0 Å². The quantitative estimate of drug-likeness (QED) is 0.360. The molecule has 4 heteroatoms. The van der Waals surface area contributed by atoms with E-state index in [0.717, 1.165) is 37.0 Å². The van der Waals surface area contributed by atoms with Gasteiger partial charge in [0.1, 0.15) is 11.2 Å². The van der Waals surface area contributed by atoms with Crippen LogP contribution in [-0.2, 0) is 19.1 Å². The van der Waals surface area contributed by atoms with Crippen molar-refractivity contribution in [1.29, 1.82) is 0 Å². The summed E-state index contributed by atoms with van der Waals surface area (Å²) < 4.78 is 11.8. The molecule has 4 bridgehead atoms. The Morgan fingerprint density at radius 3 is 1.58 bits per heavy atom. The fourth-order valence-electron chi connectivity index (χ4n) is 6.01. The third-order valence-corrected chi connectivity index (χ3v) is 7.13. The lowest BCUT2D eigenvalue weighted by atomic mass is 9.54. The van der Waals surface area contributed by atoms with Crippen LogP contribution in [0.2, 0.25) is 0 Å². The minimum atomic E-state index is -0.639. The first-order valence-corrected chi connectivity index (χ1v) is 10.9. The zero-order valence-electron chi connectivity index (χ0n) is 18.1. The molecule has 4 aliphatic carbocycles. The Kier molecular flexibility index (Phi) is 16.3. The van der Waals surface area contributed by atoms with Gasteiger partial charge in [-0.2, -0.15) is 0 Å². The molecule has 4 rings (SSSR count). The summed E-state index contributed by atoms with van der Waals surface area (Å²) in [5, 5.41) is 0. The van der Waals surface area contributed by atoms with Gasteiger partial charge >= 0.3 is 11.9 Å². The highest BCUT2D eigenvalue weighted by Crippen LogP contribution is 2.57. The Morgan fingerprint density at radius 1 is 0.848 bits per heavy atom. The van der Waals surface area contributed by atoms with Gasteiger partial charge in [-0.05, 0) is 96.8 Å². The van der Waals surface area contributed by atoms with E-state index in [2.05, 4.69) is 0 Å². The van der Waals surface area contributed by atoms with E-state index in [9.17, 15) is 9.59 Å². The highest BCUT2D eigenvalue weighted by molar-refractivity contribution is 5.79. The molecule has 0 saturated heterocycles. The first-order chi connectivity index (χ1) is 12.4. The second kappa shape index (κ2) is 13.7. The molecule has 0 aromatic carbocycles. The molecule has 4 aliphatic rings. The average molecular weight is 475 g/mol. The topological polar surface area (TPSA) is 52.6 Å². The largest absolute Gasteiger partial charge is 0.460 e. The molecule has 4 nitrogen and oxygen atoms in total. The Balaban J connectivity index is -0.000000701. The second-order valence-electron chi connectivity index (χ2n) is 11.0. The van der Waals surface area contributed by atoms with Crippen molar-refractivity contribution in [3.63, 3.8) is 0 Å². The standard InChI is InChI=1S/C23H38O4.6CH4/c1-7-22(6,11-15(2)19(24)26-21(3,4)5)20(25)27-23-12-16-8-17(13-23)10-18(9-16)14-23;;;;;;/h15-18H,7-14H2,1-6H3;6*1H4. The van der Waals surface area contributed by atoms with Crippen molar-refractivity contribution in [3.8, 4) is 0 Å². The summed E-state index contributed by atoms with van der Waals surface area (Å²) in [5.41, 5.74) is -1.37. The van der Waals surface area contributed by atoms with Gasteiger partial charge < -0.3 is 9.47 Å². The predicted molar refractivity (Wildman–Crippen MR) is 145 cm³/mol. The fraction of sp³-hybridized carbons (Fsp3) is 0.931. The summed E-state index contributed by atoms with van der Waals surface area (Å²) in [6.45, 7) is 11.5. The molecule has 4 saturated carbocycles. The minimum absolute atomic E-state index is 0. The van der Waals surface area contributed by atoms with Gasteiger partial charge in [-0.3, -0.25) is 9.59 Å². The molecule has 2 unspecified atom stereocenters. The van der Waals surface area contributed by atoms with E-state index < -0.39 is 11.0 Å². The maximum absolute atomic E-state index is 13.2. The lowest BCUT2D eigenvalue weighted by Gasteiger charge is -2.56. The van der Waals surface area contributed by atoms with E-state index in [1.165, 1.54) is 19.3 Å². The van der Waals surface area contributed by atoms with Crippen LogP contribution in [0.1, 0.15) is 137 Å². The van der Waals surface area contributed by atoms with Crippen molar-refractivity contribution in [1.82, 2.24) is 0 Å². The molecule has 2 atom stereocenters. The van der Waals surface area contributed by atoms with Crippen LogP contribution in [0.25, 0.3) is 0 Å². The van der Waals surface area contributed by atoms with Gasteiger partial charge in [-0.15, -0.1) is 0 Å². The highest BCUT2D eigenvalue weighted by atomic mass is 16.6. The second-order valence-corrected chi connectivity index (χ2v) is 11.0. The van der Waals surface area contributed by atoms with Gasteiger partial charge in [0.25, 0.3) is 0 Å². The number of hydrogen-bond acceptors (Lipinski definition) is 4. The summed E-state index contributed by atoms with van der Waals surface area (Å²) in [5.74, 6) is 1.58. The Morgan fingerprint density at radius 2 is 1.24 bits per heavy atom. The van der Waals surface area contributed by atoms with Crippen molar-refractivity contribution < 1.29 is 19.1 Å². The maximum atomic E-state index is 13.2. The van der Waals surface area contributed by atoms with Crippen LogP contribution in [-0.4, -0.2) is 23.1 Å². The Bertz CT molecular complexity index is 554. The maximum Gasteiger partial charge on any atom is 0.312 e. The smallest absolute Gasteiger partial charge is 0.312 e. The van der Waals surface area contributed by atoms with Crippen molar-refractivity contribution in [2.75, 3.05) is 0 Å². The van der Waals surface area contributed by atoms with Gasteiger partial charge in [0.05, 0.1) is 11.3 Å². The van der Waals surface area contributed by atoms with E-state index in [-0.39, 0.29) is 68.0 Å². The molecular weight excluding hydrogens is 412 g/mol. The first kappa shape index (κ1) is 39.2. The normalized spacial score (nSPS) is 29.0. The van der Waals surface area contributed by atoms with Crippen LogP contribution in [0.4, 0.5) is 0 Å². The van der Waals surface area contributed by atoms with Crippen LogP contribution in [0, 0.1) is 29.1 Å². The zero-order chi connectivity index (χ0) is 20.0. The minimum Gasteiger partial charge on any atom is -0.460 e. The molecule has 33 heavy (non-hydrogen) atoms. The summed E-state index contributed by atoms with van der Waals surface area (Å²) >= 11 is 0.